The first kappa shape index (κ1) is 16.8. The third-order valence-electron chi connectivity index (χ3n) is 3.44. The van der Waals surface area contributed by atoms with Crippen molar-refractivity contribution in [3.05, 3.63) is 54.0 Å². The molecular weight excluding hydrogens is 294 g/mol. The number of hydrogen-bond acceptors (Lipinski definition) is 4. The van der Waals surface area contributed by atoms with E-state index in [1.165, 1.54) is 6.26 Å². The molecule has 4 N–H and O–H groups in total. The van der Waals surface area contributed by atoms with E-state index in [9.17, 15) is 9.59 Å². The van der Waals surface area contributed by atoms with Crippen LogP contribution in [0.5, 0.6) is 0 Å². The van der Waals surface area contributed by atoms with Crippen molar-refractivity contribution in [1.82, 2.24) is 5.32 Å². The fourth-order valence-electron chi connectivity index (χ4n) is 1.92. The average molecular weight is 315 g/mol. The molecule has 0 aliphatic carbocycles. The van der Waals surface area contributed by atoms with E-state index in [1.807, 2.05) is 26.0 Å². The van der Waals surface area contributed by atoms with E-state index in [-0.39, 0.29) is 23.5 Å². The van der Waals surface area contributed by atoms with Crippen molar-refractivity contribution >= 4 is 17.5 Å². The first-order valence-electron chi connectivity index (χ1n) is 7.44. The Bertz CT molecular complexity index is 648. The van der Waals surface area contributed by atoms with Gasteiger partial charge >= 0.3 is 0 Å². The summed E-state index contributed by atoms with van der Waals surface area (Å²) in [5.74, 6) is -0.132. The number of amides is 2. The lowest BCUT2D eigenvalue weighted by molar-refractivity contribution is -0.123. The third-order valence-corrected chi connectivity index (χ3v) is 3.44. The molecule has 2 aromatic rings. The molecule has 1 heterocycles. The van der Waals surface area contributed by atoms with Crippen LogP contribution < -0.4 is 16.4 Å². The summed E-state index contributed by atoms with van der Waals surface area (Å²) in [6, 6.07) is 9.94. The van der Waals surface area contributed by atoms with Gasteiger partial charge in [-0.05, 0) is 35.7 Å². The molecule has 1 aromatic carbocycles. The second kappa shape index (κ2) is 7.60. The Morgan fingerprint density at radius 1 is 1.17 bits per heavy atom. The van der Waals surface area contributed by atoms with E-state index in [0.717, 1.165) is 5.56 Å². The van der Waals surface area contributed by atoms with Crippen molar-refractivity contribution in [2.75, 3.05) is 5.32 Å². The second-order valence-corrected chi connectivity index (χ2v) is 5.62. The van der Waals surface area contributed by atoms with Gasteiger partial charge in [0, 0.05) is 12.2 Å². The lowest BCUT2D eigenvalue weighted by Crippen LogP contribution is -2.43. The van der Waals surface area contributed by atoms with E-state index in [0.29, 0.717) is 12.2 Å². The molecule has 0 bridgehead atoms. The molecule has 1 atom stereocenters. The number of carbonyl (C=O) groups excluding carboxylic acids is 2. The Morgan fingerprint density at radius 3 is 2.43 bits per heavy atom. The van der Waals surface area contributed by atoms with Gasteiger partial charge in [0.15, 0.2) is 5.76 Å². The lowest BCUT2D eigenvalue weighted by Gasteiger charge is -2.15. The smallest absolute Gasteiger partial charge is 0.291 e. The van der Waals surface area contributed by atoms with Crippen LogP contribution in [0.1, 0.15) is 30.0 Å². The van der Waals surface area contributed by atoms with Crippen LogP contribution in [0.25, 0.3) is 0 Å². The van der Waals surface area contributed by atoms with E-state index in [1.54, 1.807) is 24.3 Å². The number of carbonyl (C=O) groups is 2. The number of nitrogens with two attached hydrogens (primary N) is 1. The molecule has 0 aliphatic heterocycles. The first-order chi connectivity index (χ1) is 11.0. The number of benzene rings is 1. The van der Waals surface area contributed by atoms with Gasteiger partial charge in [-0.15, -0.1) is 0 Å². The number of furan rings is 1. The zero-order valence-electron chi connectivity index (χ0n) is 13.2. The minimum Gasteiger partial charge on any atom is -0.459 e. The lowest BCUT2D eigenvalue weighted by atomic mass is 10.0. The Kier molecular flexibility index (Phi) is 5.54. The largest absolute Gasteiger partial charge is 0.459 e. The van der Waals surface area contributed by atoms with E-state index in [4.69, 9.17) is 10.2 Å². The molecule has 0 fully saturated rings. The quantitative estimate of drug-likeness (QED) is 0.760. The van der Waals surface area contributed by atoms with Crippen LogP contribution in [-0.4, -0.2) is 17.9 Å². The molecule has 6 heteroatoms. The van der Waals surface area contributed by atoms with E-state index < -0.39 is 6.04 Å². The highest BCUT2D eigenvalue weighted by atomic mass is 16.3. The third kappa shape index (κ3) is 4.69. The molecule has 0 spiro atoms. The maximum absolute atomic E-state index is 11.8. The standard InChI is InChI=1S/C17H21N3O3/c1-11(2)15(18)17(22)19-10-12-5-7-13(8-6-12)20-16(21)14-4-3-9-23-14/h3-9,11,15H,10,18H2,1-2H3,(H,19,22)(H,20,21). The Labute approximate surface area is 135 Å². The van der Waals surface area contributed by atoms with Crippen LogP contribution in [0.2, 0.25) is 0 Å². The molecule has 122 valence electrons. The van der Waals surface area contributed by atoms with Crippen molar-refractivity contribution in [3.63, 3.8) is 0 Å². The van der Waals surface area contributed by atoms with Crippen LogP contribution in [0.3, 0.4) is 0 Å². The topological polar surface area (TPSA) is 97.4 Å². The van der Waals surface area contributed by atoms with Crippen LogP contribution in [0.15, 0.2) is 47.1 Å². The van der Waals surface area contributed by atoms with Gasteiger partial charge in [0.05, 0.1) is 12.3 Å². The van der Waals surface area contributed by atoms with Crippen LogP contribution in [0, 0.1) is 5.92 Å². The monoisotopic (exact) mass is 315 g/mol. The molecule has 1 unspecified atom stereocenters. The van der Waals surface area contributed by atoms with Crippen molar-refractivity contribution in [3.8, 4) is 0 Å². The average Bonchev–Trinajstić information content (AvgIpc) is 3.07. The Hall–Kier alpha value is -2.60. The minimum absolute atomic E-state index is 0.0918. The molecule has 0 radical (unpaired) electrons. The fourth-order valence-corrected chi connectivity index (χ4v) is 1.92. The summed E-state index contributed by atoms with van der Waals surface area (Å²) in [6.07, 6.45) is 1.45. The molecular formula is C17H21N3O3. The van der Waals surface area contributed by atoms with Gasteiger partial charge in [0.1, 0.15) is 0 Å². The van der Waals surface area contributed by atoms with E-state index >= 15 is 0 Å². The molecule has 2 rings (SSSR count). The second-order valence-electron chi connectivity index (χ2n) is 5.62. The van der Waals surface area contributed by atoms with Gasteiger partial charge in [-0.2, -0.15) is 0 Å². The maximum Gasteiger partial charge on any atom is 0.291 e. The van der Waals surface area contributed by atoms with Gasteiger partial charge in [-0.25, -0.2) is 0 Å². The molecule has 1 aromatic heterocycles. The highest BCUT2D eigenvalue weighted by Gasteiger charge is 2.16. The maximum atomic E-state index is 11.8. The van der Waals surface area contributed by atoms with Crippen molar-refractivity contribution in [2.45, 2.75) is 26.4 Å². The fraction of sp³-hybridized carbons (Fsp3) is 0.294. The summed E-state index contributed by atoms with van der Waals surface area (Å²) in [6.45, 7) is 4.20. The molecule has 0 saturated heterocycles. The number of hydrogen-bond donors (Lipinski definition) is 3. The summed E-state index contributed by atoms with van der Waals surface area (Å²) >= 11 is 0. The number of rotatable bonds is 6. The predicted molar refractivity (Wildman–Crippen MR) is 87.8 cm³/mol. The van der Waals surface area contributed by atoms with Gasteiger partial charge in [-0.1, -0.05) is 26.0 Å². The summed E-state index contributed by atoms with van der Waals surface area (Å²) < 4.78 is 5.03. The van der Waals surface area contributed by atoms with Gasteiger partial charge in [0.25, 0.3) is 5.91 Å². The summed E-state index contributed by atoms with van der Waals surface area (Å²) in [5.41, 5.74) is 7.36. The Morgan fingerprint density at radius 2 is 1.87 bits per heavy atom. The predicted octanol–water partition coefficient (Wildman–Crippen LogP) is 2.13. The molecule has 23 heavy (non-hydrogen) atoms. The van der Waals surface area contributed by atoms with Gasteiger partial charge < -0.3 is 20.8 Å². The van der Waals surface area contributed by atoms with Crippen LogP contribution >= 0.6 is 0 Å². The minimum atomic E-state index is -0.512. The molecule has 2 amide bonds. The zero-order chi connectivity index (χ0) is 16.8. The van der Waals surface area contributed by atoms with Crippen molar-refractivity contribution in [1.29, 1.82) is 0 Å². The summed E-state index contributed by atoms with van der Waals surface area (Å²) in [7, 11) is 0. The zero-order valence-corrected chi connectivity index (χ0v) is 13.2. The first-order valence-corrected chi connectivity index (χ1v) is 7.44. The molecule has 0 saturated carbocycles. The summed E-state index contributed by atoms with van der Waals surface area (Å²) in [4.78, 5) is 23.6. The number of nitrogens with one attached hydrogen (secondary N) is 2. The molecule has 6 nitrogen and oxygen atoms in total. The van der Waals surface area contributed by atoms with Crippen LogP contribution in [0.4, 0.5) is 5.69 Å². The molecule has 0 aliphatic rings. The van der Waals surface area contributed by atoms with Crippen molar-refractivity contribution < 1.29 is 14.0 Å². The van der Waals surface area contributed by atoms with Gasteiger partial charge in [-0.3, -0.25) is 9.59 Å². The summed E-state index contributed by atoms with van der Waals surface area (Å²) in [5, 5.41) is 5.53. The SMILES string of the molecule is CC(C)C(N)C(=O)NCc1ccc(NC(=O)c2ccco2)cc1. The van der Waals surface area contributed by atoms with Crippen LogP contribution in [-0.2, 0) is 11.3 Å². The highest BCUT2D eigenvalue weighted by molar-refractivity contribution is 6.02. The van der Waals surface area contributed by atoms with Crippen molar-refractivity contribution in [2.24, 2.45) is 11.7 Å². The van der Waals surface area contributed by atoms with Gasteiger partial charge in [0.2, 0.25) is 5.91 Å². The number of anilines is 1. The Balaban J connectivity index is 1.87. The van der Waals surface area contributed by atoms with E-state index in [2.05, 4.69) is 10.6 Å². The normalized spacial score (nSPS) is 12.0. The highest BCUT2D eigenvalue weighted by Crippen LogP contribution is 2.12.